The highest BCUT2D eigenvalue weighted by molar-refractivity contribution is 6.70. The molecule has 0 bridgehead atoms. The molecule has 0 aliphatic heterocycles. The lowest BCUT2D eigenvalue weighted by atomic mass is 10.2. The maximum absolute atomic E-state index is 6.00. The molecule has 0 radical (unpaired) electrons. The maximum atomic E-state index is 6.00. The Bertz CT molecular complexity index is 511. The van der Waals surface area contributed by atoms with Crippen molar-refractivity contribution in [3.8, 4) is 0 Å². The van der Waals surface area contributed by atoms with Crippen molar-refractivity contribution in [1.29, 1.82) is 0 Å². The van der Waals surface area contributed by atoms with Crippen LogP contribution in [0.4, 0.5) is 0 Å². The summed E-state index contributed by atoms with van der Waals surface area (Å²) >= 11 is 0. The number of hydrogen-bond acceptors (Lipinski definition) is 3. The number of hydrogen-bond donors (Lipinski definition) is 0. The van der Waals surface area contributed by atoms with Crippen LogP contribution in [0.2, 0.25) is 39.3 Å². The first-order valence-corrected chi connectivity index (χ1v) is 14.3. The molecule has 5 heteroatoms. The molecule has 0 aliphatic carbocycles. The molecule has 0 amide bonds. The Balaban J connectivity index is 2.77. The molecule has 1 rings (SSSR count). The van der Waals surface area contributed by atoms with Gasteiger partial charge in [-0.1, -0.05) is 36.9 Å². The molecule has 22 heavy (non-hydrogen) atoms. The average molecular weight is 337 g/mol. The van der Waals surface area contributed by atoms with Crippen molar-refractivity contribution in [3.63, 3.8) is 0 Å². The van der Waals surface area contributed by atoms with Crippen LogP contribution in [0, 0.1) is 0 Å². The molecule has 122 valence electrons. The topological polar surface area (TPSA) is 27.7 Å². The van der Waals surface area contributed by atoms with E-state index in [9.17, 15) is 0 Å². The Morgan fingerprint density at radius 1 is 0.955 bits per heavy atom. The number of rotatable bonds is 8. The van der Waals surface area contributed by atoms with Gasteiger partial charge < -0.3 is 13.6 Å². The third-order valence-electron chi connectivity index (χ3n) is 2.35. The largest absolute Gasteiger partial charge is 0.545 e. The molecular formula is C17H28O3Si2. The molecule has 0 spiro atoms. The van der Waals surface area contributed by atoms with Gasteiger partial charge >= 0.3 is 0 Å². The molecule has 0 aliphatic rings. The standard InChI is InChI=1S/C17H28O3Si2/c1-15(19-21(2,3)4)13-17(20-22(5,6)7)18-14-16-11-9-8-10-12-16/h8-13H,1,14H2,2-7H3/b17-13-. The normalized spacial score (nSPS) is 12.7. The quantitative estimate of drug-likeness (QED) is 0.368. The molecule has 1 aromatic rings. The van der Waals surface area contributed by atoms with Crippen LogP contribution >= 0.6 is 0 Å². The van der Waals surface area contributed by atoms with Crippen LogP contribution < -0.4 is 0 Å². The first-order valence-electron chi connectivity index (χ1n) is 7.50. The van der Waals surface area contributed by atoms with Crippen LogP contribution in [-0.4, -0.2) is 16.6 Å². The maximum Gasteiger partial charge on any atom is 0.269 e. The average Bonchev–Trinajstić information content (AvgIpc) is 2.33. The molecule has 0 heterocycles. The number of benzene rings is 1. The van der Waals surface area contributed by atoms with Gasteiger partial charge in [-0.25, -0.2) is 0 Å². The highest BCUT2D eigenvalue weighted by atomic mass is 28.4. The Labute approximate surface area is 136 Å². The van der Waals surface area contributed by atoms with E-state index in [0.29, 0.717) is 18.3 Å². The number of allylic oxidation sites excluding steroid dienone is 1. The highest BCUT2D eigenvalue weighted by Gasteiger charge is 2.21. The van der Waals surface area contributed by atoms with Crippen LogP contribution in [0.5, 0.6) is 0 Å². The van der Waals surface area contributed by atoms with Crippen molar-refractivity contribution in [3.05, 3.63) is 60.3 Å². The molecule has 0 N–H and O–H groups in total. The lowest BCUT2D eigenvalue weighted by Gasteiger charge is -2.24. The second kappa shape index (κ2) is 7.69. The molecule has 0 saturated heterocycles. The second-order valence-corrected chi connectivity index (χ2v) is 16.0. The summed E-state index contributed by atoms with van der Waals surface area (Å²) in [7, 11) is -3.44. The fraction of sp³-hybridized carbons (Fsp3) is 0.412. The van der Waals surface area contributed by atoms with E-state index in [4.69, 9.17) is 13.6 Å². The summed E-state index contributed by atoms with van der Waals surface area (Å²) in [5.41, 5.74) is 1.10. The van der Waals surface area contributed by atoms with Crippen LogP contribution in [0.25, 0.3) is 0 Å². The molecule has 3 nitrogen and oxygen atoms in total. The highest BCUT2D eigenvalue weighted by Crippen LogP contribution is 2.18. The van der Waals surface area contributed by atoms with E-state index in [-0.39, 0.29) is 0 Å². The van der Waals surface area contributed by atoms with Crippen molar-refractivity contribution >= 4 is 16.6 Å². The zero-order chi connectivity index (χ0) is 16.8. The minimum atomic E-state index is -1.76. The fourth-order valence-corrected chi connectivity index (χ4v) is 3.25. The summed E-state index contributed by atoms with van der Waals surface area (Å²) in [6.07, 6.45) is 1.76. The molecule has 0 fully saturated rings. The van der Waals surface area contributed by atoms with Gasteiger partial charge in [0.25, 0.3) is 5.95 Å². The van der Waals surface area contributed by atoms with Crippen LogP contribution in [0.1, 0.15) is 5.56 Å². The fourth-order valence-electron chi connectivity index (χ4n) is 1.69. The van der Waals surface area contributed by atoms with E-state index >= 15 is 0 Å². The van der Waals surface area contributed by atoms with Crippen molar-refractivity contribution < 1.29 is 13.6 Å². The first kappa shape index (κ1) is 18.6. The van der Waals surface area contributed by atoms with Crippen molar-refractivity contribution in [1.82, 2.24) is 0 Å². The third kappa shape index (κ3) is 8.74. The van der Waals surface area contributed by atoms with E-state index in [2.05, 4.69) is 45.9 Å². The van der Waals surface area contributed by atoms with Crippen molar-refractivity contribution in [2.45, 2.75) is 45.9 Å². The van der Waals surface area contributed by atoms with Gasteiger partial charge in [0.2, 0.25) is 16.6 Å². The van der Waals surface area contributed by atoms with Gasteiger partial charge in [-0.2, -0.15) is 0 Å². The van der Waals surface area contributed by atoms with E-state index < -0.39 is 16.6 Å². The van der Waals surface area contributed by atoms with Crippen molar-refractivity contribution in [2.75, 3.05) is 0 Å². The van der Waals surface area contributed by atoms with E-state index in [1.54, 1.807) is 6.08 Å². The second-order valence-electron chi connectivity index (χ2n) is 7.13. The molecule has 0 unspecified atom stereocenters. The van der Waals surface area contributed by atoms with Gasteiger partial charge in [-0.15, -0.1) is 0 Å². The van der Waals surface area contributed by atoms with Gasteiger partial charge in [-0.3, -0.25) is 0 Å². The molecule has 0 saturated carbocycles. The van der Waals surface area contributed by atoms with E-state index in [0.717, 1.165) is 5.56 Å². The molecule has 0 aromatic heterocycles. The van der Waals surface area contributed by atoms with E-state index in [1.807, 2.05) is 30.3 Å². The van der Waals surface area contributed by atoms with Gasteiger partial charge in [0, 0.05) is 0 Å². The van der Waals surface area contributed by atoms with Gasteiger partial charge in [0.05, 0.1) is 6.08 Å². The minimum absolute atomic E-state index is 0.470. The monoisotopic (exact) mass is 336 g/mol. The zero-order valence-corrected chi connectivity index (χ0v) is 16.6. The van der Waals surface area contributed by atoms with Gasteiger partial charge in [-0.05, 0) is 44.8 Å². The Morgan fingerprint density at radius 2 is 1.50 bits per heavy atom. The Kier molecular flexibility index (Phi) is 6.50. The van der Waals surface area contributed by atoms with Crippen molar-refractivity contribution in [2.24, 2.45) is 0 Å². The molecular weight excluding hydrogens is 308 g/mol. The SMILES string of the molecule is C=C(/C=C(/OCc1ccccc1)O[Si](C)(C)C)O[Si](C)(C)C. The van der Waals surface area contributed by atoms with E-state index in [1.165, 1.54) is 0 Å². The Morgan fingerprint density at radius 3 is 2.00 bits per heavy atom. The summed E-state index contributed by atoms with van der Waals surface area (Å²) in [5, 5.41) is 0. The summed E-state index contributed by atoms with van der Waals surface area (Å²) in [4.78, 5) is 0. The van der Waals surface area contributed by atoms with Gasteiger partial charge in [0.1, 0.15) is 12.4 Å². The summed E-state index contributed by atoms with van der Waals surface area (Å²) < 4.78 is 17.7. The number of ether oxygens (including phenoxy) is 1. The van der Waals surface area contributed by atoms with Crippen LogP contribution in [-0.2, 0) is 20.2 Å². The smallest absolute Gasteiger partial charge is 0.269 e. The Hall–Kier alpha value is -1.47. The summed E-state index contributed by atoms with van der Waals surface area (Å²) in [6, 6.07) is 10.0. The van der Waals surface area contributed by atoms with Gasteiger partial charge in [0.15, 0.2) is 0 Å². The predicted octanol–water partition coefficient (Wildman–Crippen LogP) is 5.26. The lowest BCUT2D eigenvalue weighted by Crippen LogP contribution is -2.27. The molecule has 0 atom stereocenters. The summed E-state index contributed by atoms with van der Waals surface area (Å²) in [5.74, 6) is 1.09. The zero-order valence-electron chi connectivity index (χ0n) is 14.6. The van der Waals surface area contributed by atoms with Crippen LogP contribution in [0.15, 0.2) is 54.7 Å². The predicted molar refractivity (Wildman–Crippen MR) is 97.3 cm³/mol. The minimum Gasteiger partial charge on any atom is -0.545 e. The summed E-state index contributed by atoms with van der Waals surface area (Å²) in [6.45, 7) is 17.1. The lowest BCUT2D eigenvalue weighted by molar-refractivity contribution is 0.0908. The first-order chi connectivity index (χ1) is 10.1. The molecule has 1 aromatic carbocycles. The van der Waals surface area contributed by atoms with Crippen LogP contribution in [0.3, 0.4) is 0 Å². The third-order valence-corrected chi connectivity index (χ3v) is 4.03.